The molecule has 2 aromatic carbocycles. The largest absolute Gasteiger partial charge is 0.325 e. The quantitative estimate of drug-likeness (QED) is 0.463. The van der Waals surface area contributed by atoms with Gasteiger partial charge in [0, 0.05) is 13.1 Å². The highest BCUT2D eigenvalue weighted by Gasteiger charge is 2.49. The molecule has 184 valence electrons. The number of aryl methyl sites for hydroxylation is 1. The maximum atomic E-state index is 13.2. The van der Waals surface area contributed by atoms with Crippen molar-refractivity contribution in [2.75, 3.05) is 31.5 Å². The number of aromatic nitrogens is 2. The lowest BCUT2D eigenvalue weighted by Gasteiger charge is -2.22. The maximum Gasteiger partial charge on any atom is 0.325 e. The number of hydrogen-bond donors (Lipinski definition) is 2. The fraction of sp³-hybridized carbons (Fsp3) is 0.385. The second kappa shape index (κ2) is 9.87. The molecule has 0 radical (unpaired) electrons. The molecule has 1 aliphatic heterocycles. The zero-order valence-corrected chi connectivity index (χ0v) is 20.7. The Hall–Kier alpha value is -3.72. The van der Waals surface area contributed by atoms with Crippen LogP contribution in [-0.4, -0.2) is 63.4 Å². The number of imide groups is 1. The first-order valence-corrected chi connectivity index (χ1v) is 12.0. The van der Waals surface area contributed by atoms with Crippen molar-refractivity contribution in [2.45, 2.75) is 39.8 Å². The zero-order chi connectivity index (χ0) is 25.2. The fourth-order valence-electron chi connectivity index (χ4n) is 4.41. The Balaban J connectivity index is 1.52. The van der Waals surface area contributed by atoms with E-state index in [-0.39, 0.29) is 0 Å². The summed E-state index contributed by atoms with van der Waals surface area (Å²) >= 11 is 0. The average Bonchev–Trinajstić information content (AvgIpc) is 3.29. The van der Waals surface area contributed by atoms with E-state index in [9.17, 15) is 14.4 Å². The van der Waals surface area contributed by atoms with Crippen molar-refractivity contribution in [3.63, 3.8) is 0 Å². The molecule has 0 bridgehead atoms. The van der Waals surface area contributed by atoms with Gasteiger partial charge < -0.3 is 14.8 Å². The third kappa shape index (κ3) is 4.77. The number of para-hydroxylation sites is 2. The number of hydrogen-bond acceptors (Lipinski definition) is 5. The lowest BCUT2D eigenvalue weighted by molar-refractivity contribution is -0.133. The summed E-state index contributed by atoms with van der Waals surface area (Å²) in [6.45, 7) is 10.7. The number of benzene rings is 2. The first-order chi connectivity index (χ1) is 16.8. The molecular weight excluding hydrogens is 444 g/mol. The molecule has 2 N–H and O–H groups in total. The van der Waals surface area contributed by atoms with Crippen LogP contribution in [0.1, 0.15) is 31.9 Å². The summed E-state index contributed by atoms with van der Waals surface area (Å²) in [5.74, 6) is -0.547. The molecule has 1 atom stereocenters. The third-order valence-electron chi connectivity index (χ3n) is 6.65. The van der Waals surface area contributed by atoms with Crippen LogP contribution in [0.15, 0.2) is 48.5 Å². The van der Waals surface area contributed by atoms with Crippen molar-refractivity contribution >= 4 is 34.8 Å². The van der Waals surface area contributed by atoms with Crippen molar-refractivity contribution in [1.29, 1.82) is 0 Å². The summed E-state index contributed by atoms with van der Waals surface area (Å²) in [6.07, 6.45) is 0. The second-order valence-electron chi connectivity index (χ2n) is 8.96. The monoisotopic (exact) mass is 476 g/mol. The van der Waals surface area contributed by atoms with E-state index in [0.717, 1.165) is 41.1 Å². The average molecular weight is 477 g/mol. The van der Waals surface area contributed by atoms with Crippen LogP contribution in [0.5, 0.6) is 0 Å². The van der Waals surface area contributed by atoms with E-state index in [1.807, 2.05) is 60.0 Å². The number of carbonyl (C=O) groups is 3. The predicted molar refractivity (Wildman–Crippen MR) is 135 cm³/mol. The van der Waals surface area contributed by atoms with Crippen LogP contribution < -0.4 is 10.6 Å². The summed E-state index contributed by atoms with van der Waals surface area (Å²) in [4.78, 5) is 46.7. The van der Waals surface area contributed by atoms with Crippen molar-refractivity contribution in [3.05, 3.63) is 59.7 Å². The summed E-state index contributed by atoms with van der Waals surface area (Å²) in [5.41, 5.74) is 2.18. The number of nitrogens with zero attached hydrogens (tertiary/aromatic N) is 4. The summed E-state index contributed by atoms with van der Waals surface area (Å²) in [5, 5.41) is 5.57. The first-order valence-electron chi connectivity index (χ1n) is 12.0. The second-order valence-corrected chi connectivity index (χ2v) is 8.96. The molecule has 0 unspecified atom stereocenters. The lowest BCUT2D eigenvalue weighted by atomic mass is 9.91. The Morgan fingerprint density at radius 2 is 1.77 bits per heavy atom. The van der Waals surface area contributed by atoms with Gasteiger partial charge in [-0.3, -0.25) is 19.8 Å². The van der Waals surface area contributed by atoms with Crippen molar-refractivity contribution in [2.24, 2.45) is 0 Å². The van der Waals surface area contributed by atoms with Crippen LogP contribution in [0.25, 0.3) is 11.0 Å². The van der Waals surface area contributed by atoms with E-state index in [4.69, 9.17) is 0 Å². The highest BCUT2D eigenvalue weighted by atomic mass is 16.2. The van der Waals surface area contributed by atoms with Gasteiger partial charge in [-0.2, -0.15) is 0 Å². The number of imidazole rings is 1. The van der Waals surface area contributed by atoms with E-state index in [0.29, 0.717) is 18.1 Å². The Bertz CT molecular complexity index is 1250. The van der Waals surface area contributed by atoms with Crippen LogP contribution in [-0.2, 0) is 21.7 Å². The van der Waals surface area contributed by atoms with E-state index >= 15 is 0 Å². The molecule has 35 heavy (non-hydrogen) atoms. The molecule has 1 fully saturated rings. The molecule has 9 nitrogen and oxygen atoms in total. The normalized spacial score (nSPS) is 17.9. The van der Waals surface area contributed by atoms with E-state index in [2.05, 4.69) is 34.4 Å². The van der Waals surface area contributed by atoms with Gasteiger partial charge in [-0.25, -0.2) is 9.78 Å². The minimum absolute atomic E-state index is 0.397. The molecular formula is C26H32N6O3. The number of amides is 4. The number of likely N-dealkylation sites (N-methyl/N-ethyl adjacent to an activating group) is 1. The van der Waals surface area contributed by atoms with Gasteiger partial charge in [0.15, 0.2) is 0 Å². The first kappa shape index (κ1) is 24.4. The highest BCUT2D eigenvalue weighted by Crippen LogP contribution is 2.29. The van der Waals surface area contributed by atoms with Gasteiger partial charge in [-0.15, -0.1) is 0 Å². The Labute approximate surface area is 205 Å². The van der Waals surface area contributed by atoms with Crippen molar-refractivity contribution in [1.82, 2.24) is 24.7 Å². The Morgan fingerprint density at radius 1 is 1.09 bits per heavy atom. The Morgan fingerprint density at radius 3 is 2.46 bits per heavy atom. The lowest BCUT2D eigenvalue weighted by Crippen LogP contribution is -2.42. The molecule has 2 heterocycles. The predicted octanol–water partition coefficient (Wildman–Crippen LogP) is 3.09. The Kier molecular flexibility index (Phi) is 6.88. The SMILES string of the molecule is CCN(CC)CCn1c(NC(=O)CN2C(=O)N[C@@](C)(c3ccc(C)cc3)C2=O)nc2ccccc21. The van der Waals surface area contributed by atoms with E-state index in [1.165, 1.54) is 0 Å². The molecule has 0 spiro atoms. The molecule has 4 amide bonds. The fourth-order valence-corrected chi connectivity index (χ4v) is 4.41. The van der Waals surface area contributed by atoms with Crippen molar-refractivity contribution < 1.29 is 14.4 Å². The summed E-state index contributed by atoms with van der Waals surface area (Å²) in [6, 6.07) is 14.5. The molecule has 0 aliphatic carbocycles. The number of fused-ring (bicyclic) bond motifs is 1. The summed E-state index contributed by atoms with van der Waals surface area (Å²) < 4.78 is 1.97. The molecule has 3 aromatic rings. The minimum Gasteiger partial charge on any atom is -0.319 e. The topological polar surface area (TPSA) is 99.6 Å². The third-order valence-corrected chi connectivity index (χ3v) is 6.65. The van der Waals surface area contributed by atoms with Gasteiger partial charge in [-0.1, -0.05) is 55.8 Å². The van der Waals surface area contributed by atoms with Crippen molar-refractivity contribution in [3.8, 4) is 0 Å². The van der Waals surface area contributed by atoms with Crippen LogP contribution in [0, 0.1) is 6.92 Å². The van der Waals surface area contributed by atoms with Gasteiger partial charge >= 0.3 is 6.03 Å². The minimum atomic E-state index is -1.22. The number of nitrogens with one attached hydrogen (secondary N) is 2. The smallest absolute Gasteiger partial charge is 0.319 e. The molecule has 1 aliphatic rings. The maximum absolute atomic E-state index is 13.2. The van der Waals surface area contributed by atoms with Gasteiger partial charge in [-0.05, 0) is 44.6 Å². The number of urea groups is 1. The number of rotatable bonds is 9. The number of anilines is 1. The van der Waals surface area contributed by atoms with Gasteiger partial charge in [0.2, 0.25) is 11.9 Å². The van der Waals surface area contributed by atoms with Crippen LogP contribution in [0.3, 0.4) is 0 Å². The van der Waals surface area contributed by atoms with Crippen LogP contribution in [0.4, 0.5) is 10.7 Å². The molecule has 4 rings (SSSR count). The van der Waals surface area contributed by atoms with E-state index < -0.39 is 29.9 Å². The molecule has 9 heteroatoms. The molecule has 0 saturated carbocycles. The van der Waals surface area contributed by atoms with Crippen LogP contribution in [0.2, 0.25) is 0 Å². The van der Waals surface area contributed by atoms with Gasteiger partial charge in [0.05, 0.1) is 11.0 Å². The highest BCUT2D eigenvalue weighted by molar-refractivity contribution is 6.10. The van der Waals surface area contributed by atoms with Gasteiger partial charge in [0.1, 0.15) is 12.1 Å². The zero-order valence-electron chi connectivity index (χ0n) is 20.7. The molecule has 1 aromatic heterocycles. The van der Waals surface area contributed by atoms with Gasteiger partial charge in [0.25, 0.3) is 5.91 Å². The van der Waals surface area contributed by atoms with Crippen LogP contribution >= 0.6 is 0 Å². The number of carbonyl (C=O) groups excluding carboxylic acids is 3. The summed E-state index contributed by atoms with van der Waals surface area (Å²) in [7, 11) is 0. The van der Waals surface area contributed by atoms with E-state index in [1.54, 1.807) is 6.92 Å². The molecule has 1 saturated heterocycles. The standard InChI is InChI=1S/C26H32N6O3/c1-5-30(6-2)15-16-31-21-10-8-7-9-20(21)27-24(31)28-22(33)17-32-23(34)26(4,29-25(32)35)19-13-11-18(3)12-14-19/h7-14H,5-6,15-17H2,1-4H3,(H,29,35)(H,27,28,33)/t26-/m0/s1.